The molecule has 1 aromatic rings. The van der Waals surface area contributed by atoms with Gasteiger partial charge in [0.2, 0.25) is 0 Å². The Morgan fingerprint density at radius 1 is 1.35 bits per heavy atom. The Labute approximate surface area is 119 Å². The summed E-state index contributed by atoms with van der Waals surface area (Å²) < 4.78 is 10.3. The maximum atomic E-state index is 11.8. The second-order valence-corrected chi connectivity index (χ2v) is 4.78. The maximum Gasteiger partial charge on any atom is 0.341 e. The SMILES string of the molecule is CCOc1ccc(CN2CCNCC2)cc1C(=O)OC. The Bertz CT molecular complexity index is 456. The van der Waals surface area contributed by atoms with Crippen LogP contribution in [-0.2, 0) is 11.3 Å². The predicted molar refractivity (Wildman–Crippen MR) is 77.1 cm³/mol. The number of benzene rings is 1. The Kier molecular flexibility index (Phi) is 5.38. The summed E-state index contributed by atoms with van der Waals surface area (Å²) in [5.41, 5.74) is 1.61. The highest BCUT2D eigenvalue weighted by Crippen LogP contribution is 2.22. The molecule has 0 radical (unpaired) electrons. The van der Waals surface area contributed by atoms with Gasteiger partial charge >= 0.3 is 5.97 Å². The van der Waals surface area contributed by atoms with E-state index in [1.165, 1.54) is 7.11 Å². The van der Waals surface area contributed by atoms with Gasteiger partial charge in [-0.2, -0.15) is 0 Å². The number of rotatable bonds is 5. The number of piperazine rings is 1. The van der Waals surface area contributed by atoms with Crippen molar-refractivity contribution in [2.75, 3.05) is 39.9 Å². The van der Waals surface area contributed by atoms with Crippen molar-refractivity contribution >= 4 is 5.97 Å². The second kappa shape index (κ2) is 7.26. The zero-order chi connectivity index (χ0) is 14.4. The number of nitrogens with one attached hydrogen (secondary N) is 1. The quantitative estimate of drug-likeness (QED) is 0.822. The molecule has 1 aliphatic heterocycles. The molecule has 20 heavy (non-hydrogen) atoms. The van der Waals surface area contributed by atoms with Gasteiger partial charge in [-0.3, -0.25) is 4.90 Å². The first-order chi connectivity index (χ1) is 9.74. The third-order valence-electron chi connectivity index (χ3n) is 3.36. The van der Waals surface area contributed by atoms with E-state index in [1.54, 1.807) is 0 Å². The fourth-order valence-electron chi connectivity index (χ4n) is 2.35. The molecule has 0 amide bonds. The Morgan fingerprint density at radius 2 is 2.10 bits per heavy atom. The summed E-state index contributed by atoms with van der Waals surface area (Å²) in [6.07, 6.45) is 0. The zero-order valence-corrected chi connectivity index (χ0v) is 12.1. The number of ether oxygens (including phenoxy) is 2. The molecule has 1 saturated heterocycles. The van der Waals surface area contributed by atoms with E-state index in [0.29, 0.717) is 17.9 Å². The van der Waals surface area contributed by atoms with Gasteiger partial charge in [0.05, 0.1) is 13.7 Å². The fraction of sp³-hybridized carbons (Fsp3) is 0.533. The lowest BCUT2D eigenvalue weighted by Crippen LogP contribution is -2.42. The van der Waals surface area contributed by atoms with Gasteiger partial charge in [0.1, 0.15) is 11.3 Å². The molecule has 1 aliphatic rings. The van der Waals surface area contributed by atoms with Gasteiger partial charge in [-0.05, 0) is 24.6 Å². The molecule has 1 heterocycles. The third-order valence-corrected chi connectivity index (χ3v) is 3.36. The van der Waals surface area contributed by atoms with Crippen LogP contribution in [0.5, 0.6) is 5.75 Å². The molecule has 110 valence electrons. The van der Waals surface area contributed by atoms with Crippen LogP contribution in [0.2, 0.25) is 0 Å². The topological polar surface area (TPSA) is 50.8 Å². The molecule has 2 rings (SSSR count). The summed E-state index contributed by atoms with van der Waals surface area (Å²) in [6.45, 7) is 7.36. The normalized spacial score (nSPS) is 15.9. The van der Waals surface area contributed by atoms with E-state index in [2.05, 4.69) is 10.2 Å². The van der Waals surface area contributed by atoms with Crippen molar-refractivity contribution in [1.29, 1.82) is 0 Å². The van der Waals surface area contributed by atoms with Crippen molar-refractivity contribution in [3.8, 4) is 5.75 Å². The van der Waals surface area contributed by atoms with Crippen LogP contribution in [0.4, 0.5) is 0 Å². The number of methoxy groups -OCH3 is 1. The molecule has 0 spiro atoms. The minimum absolute atomic E-state index is 0.351. The number of esters is 1. The number of carbonyl (C=O) groups is 1. The van der Waals surface area contributed by atoms with Crippen molar-refractivity contribution in [3.05, 3.63) is 29.3 Å². The number of hydrogen-bond acceptors (Lipinski definition) is 5. The molecule has 0 aliphatic carbocycles. The molecule has 0 aromatic heterocycles. The van der Waals surface area contributed by atoms with Gasteiger partial charge in [0.15, 0.2) is 0 Å². The third kappa shape index (κ3) is 3.71. The lowest BCUT2D eigenvalue weighted by molar-refractivity contribution is 0.0596. The monoisotopic (exact) mass is 278 g/mol. The standard InChI is InChI=1S/C15H22N2O3/c1-3-20-14-5-4-12(10-13(14)15(18)19-2)11-17-8-6-16-7-9-17/h4-5,10,16H,3,6-9,11H2,1-2H3. The fourth-order valence-corrected chi connectivity index (χ4v) is 2.35. The van der Waals surface area contributed by atoms with Crippen molar-refractivity contribution in [1.82, 2.24) is 10.2 Å². The van der Waals surface area contributed by atoms with Gasteiger partial charge in [0.25, 0.3) is 0 Å². The average molecular weight is 278 g/mol. The molecule has 0 unspecified atom stereocenters. The van der Waals surface area contributed by atoms with Gasteiger partial charge < -0.3 is 14.8 Å². The molecule has 0 bridgehead atoms. The van der Waals surface area contributed by atoms with Crippen LogP contribution in [0.3, 0.4) is 0 Å². The lowest BCUT2D eigenvalue weighted by Gasteiger charge is -2.27. The first-order valence-corrected chi connectivity index (χ1v) is 7.01. The molecule has 0 atom stereocenters. The van der Waals surface area contributed by atoms with E-state index in [1.807, 2.05) is 25.1 Å². The Morgan fingerprint density at radius 3 is 2.75 bits per heavy atom. The highest BCUT2D eigenvalue weighted by atomic mass is 16.5. The van der Waals surface area contributed by atoms with Crippen LogP contribution in [0, 0.1) is 0 Å². The van der Waals surface area contributed by atoms with Crippen molar-refractivity contribution in [3.63, 3.8) is 0 Å². The Hall–Kier alpha value is -1.59. The molecule has 1 N–H and O–H groups in total. The first-order valence-electron chi connectivity index (χ1n) is 7.01. The second-order valence-electron chi connectivity index (χ2n) is 4.78. The number of nitrogens with zero attached hydrogens (tertiary/aromatic N) is 1. The summed E-state index contributed by atoms with van der Waals surface area (Å²) in [5.74, 6) is 0.235. The van der Waals surface area contributed by atoms with Crippen molar-refractivity contribution in [2.24, 2.45) is 0 Å². The molecular weight excluding hydrogens is 256 g/mol. The van der Waals surface area contributed by atoms with Gasteiger partial charge in [-0.15, -0.1) is 0 Å². The molecule has 5 heteroatoms. The first kappa shape index (κ1) is 14.8. The summed E-state index contributed by atoms with van der Waals surface area (Å²) >= 11 is 0. The highest BCUT2D eigenvalue weighted by molar-refractivity contribution is 5.92. The van der Waals surface area contributed by atoms with E-state index in [4.69, 9.17) is 9.47 Å². The van der Waals surface area contributed by atoms with E-state index < -0.39 is 0 Å². The van der Waals surface area contributed by atoms with Crippen LogP contribution < -0.4 is 10.1 Å². The summed E-state index contributed by atoms with van der Waals surface area (Å²) in [6, 6.07) is 5.74. The summed E-state index contributed by atoms with van der Waals surface area (Å²) in [4.78, 5) is 14.2. The summed E-state index contributed by atoms with van der Waals surface area (Å²) in [5, 5.41) is 3.33. The van der Waals surface area contributed by atoms with E-state index >= 15 is 0 Å². The van der Waals surface area contributed by atoms with E-state index in [0.717, 1.165) is 38.3 Å². The minimum atomic E-state index is -0.351. The maximum absolute atomic E-state index is 11.8. The average Bonchev–Trinajstić information content (AvgIpc) is 2.49. The molecule has 0 saturated carbocycles. The summed E-state index contributed by atoms with van der Waals surface area (Å²) in [7, 11) is 1.39. The Balaban J connectivity index is 2.15. The smallest absolute Gasteiger partial charge is 0.341 e. The van der Waals surface area contributed by atoms with Crippen molar-refractivity contribution < 1.29 is 14.3 Å². The number of carbonyl (C=O) groups excluding carboxylic acids is 1. The van der Waals surface area contributed by atoms with Crippen LogP contribution in [0.25, 0.3) is 0 Å². The van der Waals surface area contributed by atoms with Gasteiger partial charge in [-0.25, -0.2) is 4.79 Å². The molecular formula is C15H22N2O3. The highest BCUT2D eigenvalue weighted by Gasteiger charge is 2.16. The van der Waals surface area contributed by atoms with E-state index in [9.17, 15) is 4.79 Å². The minimum Gasteiger partial charge on any atom is -0.493 e. The van der Waals surface area contributed by atoms with Crippen LogP contribution in [0.1, 0.15) is 22.8 Å². The van der Waals surface area contributed by atoms with Gasteiger partial charge in [-0.1, -0.05) is 6.07 Å². The van der Waals surface area contributed by atoms with E-state index in [-0.39, 0.29) is 5.97 Å². The largest absolute Gasteiger partial charge is 0.493 e. The predicted octanol–water partition coefficient (Wildman–Crippen LogP) is 1.28. The zero-order valence-electron chi connectivity index (χ0n) is 12.1. The number of hydrogen-bond donors (Lipinski definition) is 1. The van der Waals surface area contributed by atoms with Crippen LogP contribution >= 0.6 is 0 Å². The molecule has 1 aromatic carbocycles. The van der Waals surface area contributed by atoms with Crippen LogP contribution in [0.15, 0.2) is 18.2 Å². The lowest BCUT2D eigenvalue weighted by atomic mass is 10.1. The molecule has 5 nitrogen and oxygen atoms in total. The molecule has 1 fully saturated rings. The van der Waals surface area contributed by atoms with Crippen molar-refractivity contribution in [2.45, 2.75) is 13.5 Å². The van der Waals surface area contributed by atoms with Crippen LogP contribution in [-0.4, -0.2) is 50.8 Å². The van der Waals surface area contributed by atoms with Gasteiger partial charge in [0, 0.05) is 32.7 Å².